The molecule has 3 amide bonds. The Bertz CT molecular complexity index is 1790. The van der Waals surface area contributed by atoms with Gasteiger partial charge in [0.2, 0.25) is 5.91 Å². The molecule has 260 valence electrons. The van der Waals surface area contributed by atoms with Gasteiger partial charge in [-0.05, 0) is 81.3 Å². The lowest BCUT2D eigenvalue weighted by Gasteiger charge is -2.35. The van der Waals surface area contributed by atoms with Crippen LogP contribution in [0.15, 0.2) is 103 Å². The highest BCUT2D eigenvalue weighted by Crippen LogP contribution is 2.45. The Balaban J connectivity index is 1.08. The van der Waals surface area contributed by atoms with Gasteiger partial charge in [-0.15, -0.1) is 0 Å². The molecule has 0 spiro atoms. The van der Waals surface area contributed by atoms with Crippen molar-refractivity contribution in [2.45, 2.75) is 82.9 Å². The molecule has 1 fully saturated rings. The number of ether oxygens (including phenoxy) is 2. The minimum Gasteiger partial charge on any atom is -0.444 e. The van der Waals surface area contributed by atoms with Gasteiger partial charge >= 0.3 is 12.2 Å². The molecular formula is C41H45N3O6. The van der Waals surface area contributed by atoms with Gasteiger partial charge in [0, 0.05) is 29.9 Å². The van der Waals surface area contributed by atoms with Crippen molar-refractivity contribution in [3.63, 3.8) is 0 Å². The minimum atomic E-state index is -0.839. The van der Waals surface area contributed by atoms with Crippen LogP contribution >= 0.6 is 0 Å². The van der Waals surface area contributed by atoms with Crippen LogP contribution in [0.1, 0.15) is 75.0 Å². The van der Waals surface area contributed by atoms with Crippen LogP contribution in [0.2, 0.25) is 0 Å². The van der Waals surface area contributed by atoms with E-state index in [1.54, 1.807) is 18.9 Å². The Labute approximate surface area is 293 Å². The molecule has 0 bridgehead atoms. The SMILES string of the molecule is C[C@@H](C(=O)Nc1ccc(C[C@@H]2CC[C@H]([C@H](O)c3ccccc3)N2C(=O)OC(C)(C)C)cc1)N(C)C(=O)OC1c2ccccc2-c2ccccc21. The molecule has 4 aromatic carbocycles. The number of amides is 3. The molecule has 0 saturated carbocycles. The summed E-state index contributed by atoms with van der Waals surface area (Å²) in [4.78, 5) is 43.0. The normalized spacial score (nSPS) is 18.1. The van der Waals surface area contributed by atoms with E-state index in [9.17, 15) is 19.5 Å². The molecule has 1 heterocycles. The lowest BCUT2D eigenvalue weighted by molar-refractivity contribution is -0.120. The molecule has 2 N–H and O–H groups in total. The summed E-state index contributed by atoms with van der Waals surface area (Å²) in [6.45, 7) is 7.16. The van der Waals surface area contributed by atoms with Crippen LogP contribution in [0.3, 0.4) is 0 Å². The van der Waals surface area contributed by atoms with E-state index >= 15 is 0 Å². The van der Waals surface area contributed by atoms with Crippen molar-refractivity contribution in [1.82, 2.24) is 9.80 Å². The van der Waals surface area contributed by atoms with E-state index < -0.39 is 42.1 Å². The minimum absolute atomic E-state index is 0.174. The molecular weight excluding hydrogens is 630 g/mol. The van der Waals surface area contributed by atoms with Crippen molar-refractivity contribution in [1.29, 1.82) is 0 Å². The van der Waals surface area contributed by atoms with Crippen LogP contribution < -0.4 is 5.32 Å². The number of benzene rings is 4. The van der Waals surface area contributed by atoms with Crippen molar-refractivity contribution in [3.8, 4) is 11.1 Å². The van der Waals surface area contributed by atoms with Gasteiger partial charge in [-0.2, -0.15) is 0 Å². The topological polar surface area (TPSA) is 108 Å². The molecule has 50 heavy (non-hydrogen) atoms. The van der Waals surface area contributed by atoms with E-state index in [4.69, 9.17) is 9.47 Å². The lowest BCUT2D eigenvalue weighted by Crippen LogP contribution is -2.47. The average molecular weight is 676 g/mol. The number of hydrogen-bond donors (Lipinski definition) is 2. The van der Waals surface area contributed by atoms with Gasteiger partial charge in [0.05, 0.1) is 12.1 Å². The number of likely N-dealkylation sites (tertiary alicyclic amines) is 1. The maximum atomic E-state index is 13.5. The third kappa shape index (κ3) is 7.38. The van der Waals surface area contributed by atoms with E-state index in [-0.39, 0.29) is 11.9 Å². The van der Waals surface area contributed by atoms with E-state index in [0.717, 1.165) is 33.4 Å². The molecule has 1 aliphatic carbocycles. The fraction of sp³-hybridized carbons (Fsp3) is 0.341. The highest BCUT2D eigenvalue weighted by atomic mass is 16.6. The zero-order valence-corrected chi connectivity index (χ0v) is 29.2. The van der Waals surface area contributed by atoms with Gasteiger partial charge in [0.1, 0.15) is 11.6 Å². The summed E-state index contributed by atoms with van der Waals surface area (Å²) in [5, 5.41) is 14.2. The summed E-state index contributed by atoms with van der Waals surface area (Å²) in [5.74, 6) is -0.353. The standard InChI is InChI=1S/C41H45N3O6/c1-26(43(5)39(47)49-37-33-17-11-9-15-31(33)32-16-10-12-18-34(32)37)38(46)42-29-21-19-27(20-22-29)25-30-23-24-35(36(45)28-13-7-6-8-14-28)44(30)40(48)50-41(2,3)4/h6-22,26,30,35-37,45H,23-25H2,1-5H3,(H,42,46)/t26-,30-,35+,36+/m0/s1. The van der Waals surface area contributed by atoms with E-state index in [1.165, 1.54) is 4.90 Å². The predicted octanol–water partition coefficient (Wildman–Crippen LogP) is 7.90. The number of fused-ring (bicyclic) bond motifs is 3. The number of rotatable bonds is 8. The first-order valence-corrected chi connectivity index (χ1v) is 17.2. The summed E-state index contributed by atoms with van der Waals surface area (Å²) in [6, 6.07) is 31.2. The molecule has 4 aromatic rings. The zero-order chi connectivity index (χ0) is 35.6. The number of nitrogens with one attached hydrogen (secondary N) is 1. The second kappa shape index (κ2) is 14.4. The van der Waals surface area contributed by atoms with Crippen molar-refractivity contribution >= 4 is 23.8 Å². The molecule has 4 atom stereocenters. The number of nitrogens with zero attached hydrogens (tertiary/aromatic N) is 2. The fourth-order valence-electron chi connectivity index (χ4n) is 6.89. The Hall–Kier alpha value is -5.15. The number of aliphatic hydroxyl groups excluding tert-OH is 1. The zero-order valence-electron chi connectivity index (χ0n) is 29.2. The van der Waals surface area contributed by atoms with Crippen molar-refractivity contribution in [2.24, 2.45) is 0 Å². The highest BCUT2D eigenvalue weighted by molar-refractivity contribution is 5.96. The van der Waals surface area contributed by atoms with Crippen LogP contribution in [-0.2, 0) is 20.7 Å². The van der Waals surface area contributed by atoms with Crippen LogP contribution in [0.4, 0.5) is 15.3 Å². The third-order valence-electron chi connectivity index (χ3n) is 9.59. The molecule has 9 nitrogen and oxygen atoms in total. The van der Waals surface area contributed by atoms with E-state index in [0.29, 0.717) is 24.9 Å². The Morgan fingerprint density at radius 1 is 0.860 bits per heavy atom. The maximum absolute atomic E-state index is 13.5. The first-order valence-electron chi connectivity index (χ1n) is 17.2. The van der Waals surface area contributed by atoms with Crippen molar-refractivity contribution in [3.05, 3.63) is 125 Å². The predicted molar refractivity (Wildman–Crippen MR) is 192 cm³/mol. The van der Waals surface area contributed by atoms with Crippen LogP contribution in [-0.4, -0.2) is 63.8 Å². The number of hydrogen-bond acceptors (Lipinski definition) is 6. The summed E-state index contributed by atoms with van der Waals surface area (Å²) >= 11 is 0. The second-order valence-corrected chi connectivity index (χ2v) is 14.2. The molecule has 0 unspecified atom stereocenters. The van der Waals surface area contributed by atoms with Crippen LogP contribution in [0.5, 0.6) is 0 Å². The monoisotopic (exact) mass is 675 g/mol. The molecule has 9 heteroatoms. The molecule has 0 aromatic heterocycles. The summed E-state index contributed by atoms with van der Waals surface area (Å²) in [6.07, 6.45) is -0.518. The van der Waals surface area contributed by atoms with Gasteiger partial charge in [-0.25, -0.2) is 9.59 Å². The van der Waals surface area contributed by atoms with Gasteiger partial charge in [0.25, 0.3) is 0 Å². The molecule has 2 aliphatic rings. The highest BCUT2D eigenvalue weighted by Gasteiger charge is 2.43. The molecule has 0 radical (unpaired) electrons. The van der Waals surface area contributed by atoms with Gasteiger partial charge in [-0.1, -0.05) is 91.0 Å². The van der Waals surface area contributed by atoms with Gasteiger partial charge in [-0.3, -0.25) is 14.6 Å². The van der Waals surface area contributed by atoms with Crippen molar-refractivity contribution in [2.75, 3.05) is 12.4 Å². The van der Waals surface area contributed by atoms with E-state index in [1.807, 2.05) is 124 Å². The number of carbonyl (C=O) groups excluding carboxylic acids is 3. The van der Waals surface area contributed by atoms with Gasteiger partial charge in [0.15, 0.2) is 6.10 Å². The largest absolute Gasteiger partial charge is 0.444 e. The third-order valence-corrected chi connectivity index (χ3v) is 9.59. The fourth-order valence-corrected chi connectivity index (χ4v) is 6.89. The number of aliphatic hydroxyl groups is 1. The van der Waals surface area contributed by atoms with Crippen LogP contribution in [0.25, 0.3) is 11.1 Å². The van der Waals surface area contributed by atoms with Crippen LogP contribution in [0, 0.1) is 0 Å². The average Bonchev–Trinajstić information content (AvgIpc) is 3.67. The van der Waals surface area contributed by atoms with Crippen molar-refractivity contribution < 1.29 is 29.0 Å². The number of carbonyl (C=O) groups is 3. The van der Waals surface area contributed by atoms with E-state index in [2.05, 4.69) is 5.32 Å². The quantitative estimate of drug-likeness (QED) is 0.197. The molecule has 1 saturated heterocycles. The lowest BCUT2D eigenvalue weighted by atomic mass is 10.0. The smallest absolute Gasteiger partial charge is 0.411 e. The first kappa shape index (κ1) is 34.7. The number of likely N-dealkylation sites (N-methyl/N-ethyl adjacent to an activating group) is 1. The second-order valence-electron chi connectivity index (χ2n) is 14.2. The Kier molecular flexibility index (Phi) is 9.97. The summed E-state index contributed by atoms with van der Waals surface area (Å²) in [5.41, 5.74) is 5.54. The number of anilines is 1. The summed E-state index contributed by atoms with van der Waals surface area (Å²) in [7, 11) is 1.56. The maximum Gasteiger partial charge on any atom is 0.411 e. The van der Waals surface area contributed by atoms with Gasteiger partial charge < -0.3 is 19.9 Å². The Morgan fingerprint density at radius 3 is 2.04 bits per heavy atom. The first-order chi connectivity index (χ1) is 23.9. The summed E-state index contributed by atoms with van der Waals surface area (Å²) < 4.78 is 11.8. The Morgan fingerprint density at radius 2 is 1.44 bits per heavy atom. The molecule has 6 rings (SSSR count). The molecule has 1 aliphatic heterocycles.